The molecule has 5 nitrogen and oxygen atoms in total. The van der Waals surface area contributed by atoms with Crippen LogP contribution in [0.15, 0.2) is 0 Å². The Morgan fingerprint density at radius 2 is 1.90 bits per heavy atom. The van der Waals surface area contributed by atoms with Crippen molar-refractivity contribution in [2.45, 2.75) is 90.8 Å². The van der Waals surface area contributed by atoms with Crippen LogP contribution in [0.5, 0.6) is 0 Å². The van der Waals surface area contributed by atoms with E-state index in [0.29, 0.717) is 43.8 Å². The second kappa shape index (κ2) is 7.33. The molecule has 0 saturated heterocycles. The van der Waals surface area contributed by atoms with Crippen LogP contribution in [0, 0.1) is 46.3 Å². The Labute approximate surface area is 174 Å². The third-order valence-corrected chi connectivity index (χ3v) is 10.2. The van der Waals surface area contributed by atoms with Gasteiger partial charge in [-0.3, -0.25) is 9.59 Å². The van der Waals surface area contributed by atoms with E-state index in [-0.39, 0.29) is 46.8 Å². The van der Waals surface area contributed by atoms with Gasteiger partial charge in [-0.05, 0) is 84.9 Å². The molecule has 0 radical (unpaired) electrons. The predicted molar refractivity (Wildman–Crippen MR) is 109 cm³/mol. The van der Waals surface area contributed by atoms with Crippen molar-refractivity contribution in [3.05, 3.63) is 0 Å². The lowest BCUT2D eigenvalue weighted by Gasteiger charge is -2.63. The Balaban J connectivity index is 1.61. The summed E-state index contributed by atoms with van der Waals surface area (Å²) in [5, 5.41) is 31.8. The van der Waals surface area contributed by atoms with Crippen molar-refractivity contribution in [3.8, 4) is 0 Å². The van der Waals surface area contributed by atoms with Crippen molar-refractivity contribution in [1.29, 1.82) is 0 Å². The molecule has 164 valence electrons. The molecule has 0 bridgehead atoms. The molecule has 5 heteroatoms. The average molecular weight is 407 g/mol. The number of carbonyl (C=O) groups is 2. The fourth-order valence-electron chi connectivity index (χ4n) is 8.50. The van der Waals surface area contributed by atoms with Crippen molar-refractivity contribution in [1.82, 2.24) is 0 Å². The van der Waals surface area contributed by atoms with Gasteiger partial charge >= 0.3 is 5.97 Å². The van der Waals surface area contributed by atoms with E-state index in [0.717, 1.165) is 19.3 Å². The highest BCUT2D eigenvalue weighted by atomic mass is 16.4. The first-order chi connectivity index (χ1) is 13.6. The van der Waals surface area contributed by atoms with Crippen LogP contribution < -0.4 is 0 Å². The number of hydrogen-bond donors (Lipinski definition) is 3. The third kappa shape index (κ3) is 3.18. The van der Waals surface area contributed by atoms with Gasteiger partial charge in [0.25, 0.3) is 0 Å². The number of carboxylic acids is 1. The summed E-state index contributed by atoms with van der Waals surface area (Å²) in [6, 6.07) is 0. The summed E-state index contributed by atoms with van der Waals surface area (Å²) < 4.78 is 0. The number of aliphatic carboxylic acids is 1. The van der Waals surface area contributed by atoms with Gasteiger partial charge in [0.05, 0.1) is 12.2 Å². The molecule has 4 fully saturated rings. The van der Waals surface area contributed by atoms with Crippen molar-refractivity contribution in [3.63, 3.8) is 0 Å². The standard InChI is InChI=1S/C24H38O5/c1-13(4-7-21(28)29)16-5-6-17-22-18(12-20(27)24(16,17)3)23(2)9-8-15(25)10-14(23)11-19(22)26/h13-14,16-20,22,26-27H,4-12H2,1-3H3,(H,28,29)/t13-,14?,16-,17+,18+,19-,20+,22+,23+,24-/m1/s1. The van der Waals surface area contributed by atoms with Gasteiger partial charge in [0.15, 0.2) is 0 Å². The number of Topliss-reactive ketones (excluding diaryl/α,β-unsaturated/α-hetero) is 1. The fraction of sp³-hybridized carbons (Fsp3) is 0.917. The molecule has 29 heavy (non-hydrogen) atoms. The molecule has 10 atom stereocenters. The molecule has 0 aromatic heterocycles. The molecule has 4 aliphatic carbocycles. The summed E-state index contributed by atoms with van der Waals surface area (Å²) in [4.78, 5) is 23.1. The van der Waals surface area contributed by atoms with Crippen LogP contribution in [0.2, 0.25) is 0 Å². The van der Waals surface area contributed by atoms with E-state index < -0.39 is 18.2 Å². The van der Waals surface area contributed by atoms with Crippen molar-refractivity contribution in [2.24, 2.45) is 46.3 Å². The van der Waals surface area contributed by atoms with E-state index in [9.17, 15) is 19.8 Å². The maximum absolute atomic E-state index is 12.1. The van der Waals surface area contributed by atoms with Crippen LogP contribution in [0.1, 0.15) is 78.6 Å². The molecule has 0 amide bonds. The van der Waals surface area contributed by atoms with Gasteiger partial charge in [-0.2, -0.15) is 0 Å². The summed E-state index contributed by atoms with van der Waals surface area (Å²) in [5.41, 5.74) is -0.221. The Kier molecular flexibility index (Phi) is 5.39. The van der Waals surface area contributed by atoms with Gasteiger partial charge in [-0.15, -0.1) is 0 Å². The summed E-state index contributed by atoms with van der Waals surface area (Å²) in [6.45, 7) is 6.66. The summed E-state index contributed by atoms with van der Waals surface area (Å²) in [5.74, 6) is 1.10. The first-order valence-corrected chi connectivity index (χ1v) is 11.7. The number of aliphatic hydroxyl groups excluding tert-OH is 2. The summed E-state index contributed by atoms with van der Waals surface area (Å²) in [7, 11) is 0. The van der Waals surface area contributed by atoms with E-state index in [1.165, 1.54) is 0 Å². The zero-order valence-electron chi connectivity index (χ0n) is 18.1. The minimum absolute atomic E-state index is 0.0348. The third-order valence-electron chi connectivity index (χ3n) is 10.2. The summed E-state index contributed by atoms with van der Waals surface area (Å²) >= 11 is 0. The Morgan fingerprint density at radius 1 is 1.17 bits per heavy atom. The number of rotatable bonds is 4. The highest BCUT2D eigenvalue weighted by Crippen LogP contribution is 2.68. The van der Waals surface area contributed by atoms with E-state index >= 15 is 0 Å². The maximum atomic E-state index is 12.1. The highest BCUT2D eigenvalue weighted by molar-refractivity contribution is 5.79. The van der Waals surface area contributed by atoms with Gasteiger partial charge in [-0.1, -0.05) is 20.8 Å². The van der Waals surface area contributed by atoms with E-state index in [1.807, 2.05) is 0 Å². The smallest absolute Gasteiger partial charge is 0.303 e. The van der Waals surface area contributed by atoms with E-state index in [2.05, 4.69) is 20.8 Å². The number of ketones is 1. The minimum Gasteiger partial charge on any atom is -0.481 e. The minimum atomic E-state index is -0.755. The highest BCUT2D eigenvalue weighted by Gasteiger charge is 2.65. The van der Waals surface area contributed by atoms with Gasteiger partial charge in [0.1, 0.15) is 5.78 Å². The van der Waals surface area contributed by atoms with Crippen LogP contribution in [0.3, 0.4) is 0 Å². The van der Waals surface area contributed by atoms with Crippen LogP contribution in [-0.2, 0) is 9.59 Å². The summed E-state index contributed by atoms with van der Waals surface area (Å²) in [6.07, 6.45) is 5.56. The van der Waals surface area contributed by atoms with Gasteiger partial charge in [-0.25, -0.2) is 0 Å². The molecule has 0 aromatic carbocycles. The predicted octanol–water partition coefficient (Wildman–Crippen LogP) is 3.66. The molecule has 0 aromatic rings. The van der Waals surface area contributed by atoms with Crippen LogP contribution in [0.4, 0.5) is 0 Å². The lowest BCUT2D eigenvalue weighted by molar-refractivity contribution is -0.201. The fourth-order valence-corrected chi connectivity index (χ4v) is 8.50. The molecule has 4 aliphatic rings. The maximum Gasteiger partial charge on any atom is 0.303 e. The molecular formula is C24H38O5. The molecule has 0 aliphatic heterocycles. The normalized spacial score (nSPS) is 50.4. The molecule has 3 N–H and O–H groups in total. The first-order valence-electron chi connectivity index (χ1n) is 11.7. The lowest BCUT2D eigenvalue weighted by Crippen LogP contribution is -2.62. The second-order valence-corrected chi connectivity index (χ2v) is 11.2. The zero-order chi connectivity index (χ0) is 21.1. The molecule has 0 heterocycles. The van der Waals surface area contributed by atoms with E-state index in [1.54, 1.807) is 0 Å². The van der Waals surface area contributed by atoms with Crippen molar-refractivity contribution in [2.75, 3.05) is 0 Å². The first kappa shape index (κ1) is 21.3. The molecule has 1 unspecified atom stereocenters. The van der Waals surface area contributed by atoms with Gasteiger partial charge in [0.2, 0.25) is 0 Å². The van der Waals surface area contributed by atoms with E-state index in [4.69, 9.17) is 5.11 Å². The SMILES string of the molecule is C[C@H](CCC(=O)O)[C@H]1CC[C@H]2[C@@H]3[C@H](O)CC4CC(=O)CC[C@]4(C)[C@H]3C[C@H](O)[C@]12C. The molecule has 4 saturated carbocycles. The largest absolute Gasteiger partial charge is 0.481 e. The van der Waals surface area contributed by atoms with Crippen LogP contribution in [-0.4, -0.2) is 39.3 Å². The second-order valence-electron chi connectivity index (χ2n) is 11.2. The van der Waals surface area contributed by atoms with Gasteiger partial charge < -0.3 is 15.3 Å². The number of carbonyl (C=O) groups excluding carboxylic acids is 1. The number of carboxylic acid groups (broad SMARTS) is 1. The lowest BCUT2D eigenvalue weighted by atomic mass is 9.43. The quantitative estimate of drug-likeness (QED) is 0.662. The Morgan fingerprint density at radius 3 is 2.59 bits per heavy atom. The van der Waals surface area contributed by atoms with Crippen molar-refractivity contribution >= 4 is 11.8 Å². The van der Waals surface area contributed by atoms with Gasteiger partial charge in [0, 0.05) is 19.3 Å². The Bertz CT molecular complexity index is 676. The number of fused-ring (bicyclic) bond motifs is 5. The topological polar surface area (TPSA) is 94.8 Å². The van der Waals surface area contributed by atoms with Crippen LogP contribution >= 0.6 is 0 Å². The number of aliphatic hydroxyl groups is 2. The van der Waals surface area contributed by atoms with Crippen LogP contribution in [0.25, 0.3) is 0 Å². The van der Waals surface area contributed by atoms with Crippen molar-refractivity contribution < 1.29 is 24.9 Å². The average Bonchev–Trinajstić information content (AvgIpc) is 3.01. The Hall–Kier alpha value is -0.940. The number of hydrogen-bond acceptors (Lipinski definition) is 4. The molecule has 0 spiro atoms. The zero-order valence-corrected chi connectivity index (χ0v) is 18.1. The molecular weight excluding hydrogens is 368 g/mol. The monoisotopic (exact) mass is 406 g/mol. The molecule has 4 rings (SSSR count).